The van der Waals surface area contributed by atoms with E-state index in [0.717, 1.165) is 0 Å². The molecule has 0 radical (unpaired) electrons. The Morgan fingerprint density at radius 1 is 1.45 bits per heavy atom. The van der Waals surface area contributed by atoms with Gasteiger partial charge in [-0.3, -0.25) is 0 Å². The van der Waals surface area contributed by atoms with Gasteiger partial charge in [-0.15, -0.1) is 0 Å². The van der Waals surface area contributed by atoms with Crippen LogP contribution in [0.15, 0.2) is 18.5 Å². The number of alkyl halides is 1. The number of aliphatic hydroxyl groups excluding tert-OH is 2. The van der Waals surface area contributed by atoms with Crippen molar-refractivity contribution in [1.82, 2.24) is 14.6 Å². The molecule has 4 N–H and O–H groups in total. The SMILES string of the molecule is Nc1ncnn2c([C@@H]3OC4(C[C@H]4O)[C@@H](O)[C@H]3F)ccc12. The van der Waals surface area contributed by atoms with E-state index in [2.05, 4.69) is 10.1 Å². The van der Waals surface area contributed by atoms with Crippen LogP contribution < -0.4 is 5.73 Å². The van der Waals surface area contributed by atoms with Crippen molar-refractivity contribution >= 4 is 11.3 Å². The number of halogens is 1. The van der Waals surface area contributed by atoms with E-state index in [1.54, 1.807) is 12.1 Å². The van der Waals surface area contributed by atoms with Gasteiger partial charge in [0.05, 0.1) is 11.8 Å². The number of nitrogens with zero attached hydrogens (tertiary/aromatic N) is 3. The van der Waals surface area contributed by atoms with Gasteiger partial charge in [0.1, 0.15) is 29.7 Å². The van der Waals surface area contributed by atoms with Crippen LogP contribution in [0.25, 0.3) is 5.52 Å². The molecule has 5 atom stereocenters. The summed E-state index contributed by atoms with van der Waals surface area (Å²) in [5.74, 6) is 0.279. The lowest BCUT2D eigenvalue weighted by Gasteiger charge is -2.13. The van der Waals surface area contributed by atoms with Gasteiger partial charge in [-0.1, -0.05) is 0 Å². The molecule has 1 aliphatic heterocycles. The van der Waals surface area contributed by atoms with Gasteiger partial charge in [-0.25, -0.2) is 13.9 Å². The van der Waals surface area contributed by atoms with Crippen LogP contribution in [0, 0.1) is 0 Å². The van der Waals surface area contributed by atoms with E-state index in [-0.39, 0.29) is 12.2 Å². The molecule has 1 spiro atoms. The van der Waals surface area contributed by atoms with Gasteiger partial charge < -0.3 is 20.7 Å². The Hall–Kier alpha value is -1.77. The average Bonchev–Trinajstić information content (AvgIpc) is 2.80. The monoisotopic (exact) mass is 280 g/mol. The predicted octanol–water partition coefficient (Wildman–Crippen LogP) is -0.415. The maximum atomic E-state index is 14.3. The number of nitrogens with two attached hydrogens (primary N) is 1. The Balaban J connectivity index is 1.79. The van der Waals surface area contributed by atoms with Crippen LogP contribution in [0.3, 0.4) is 0 Å². The van der Waals surface area contributed by atoms with Gasteiger partial charge in [0.15, 0.2) is 12.0 Å². The van der Waals surface area contributed by atoms with Crippen LogP contribution in [-0.2, 0) is 4.74 Å². The molecule has 106 valence electrons. The van der Waals surface area contributed by atoms with E-state index in [1.807, 2.05) is 0 Å². The zero-order valence-electron chi connectivity index (χ0n) is 10.3. The second kappa shape index (κ2) is 3.66. The molecule has 1 aliphatic carbocycles. The minimum atomic E-state index is -1.62. The third-order valence-electron chi connectivity index (χ3n) is 4.16. The fourth-order valence-corrected chi connectivity index (χ4v) is 2.91. The lowest BCUT2D eigenvalue weighted by molar-refractivity contribution is -0.0391. The number of anilines is 1. The summed E-state index contributed by atoms with van der Waals surface area (Å²) >= 11 is 0. The number of rotatable bonds is 1. The summed E-state index contributed by atoms with van der Waals surface area (Å²) in [5.41, 5.74) is 5.54. The second-order valence-corrected chi connectivity index (χ2v) is 5.30. The first-order valence-corrected chi connectivity index (χ1v) is 6.31. The summed E-state index contributed by atoms with van der Waals surface area (Å²) in [7, 11) is 0. The highest BCUT2D eigenvalue weighted by Crippen LogP contribution is 2.55. The summed E-state index contributed by atoms with van der Waals surface area (Å²) in [6.45, 7) is 0. The lowest BCUT2D eigenvalue weighted by Crippen LogP contribution is -2.32. The van der Waals surface area contributed by atoms with Crippen molar-refractivity contribution in [3.8, 4) is 0 Å². The Labute approximate surface area is 112 Å². The van der Waals surface area contributed by atoms with E-state index in [1.165, 1.54) is 10.8 Å². The van der Waals surface area contributed by atoms with Crippen LogP contribution in [0.5, 0.6) is 0 Å². The van der Waals surface area contributed by atoms with Gasteiger partial charge in [0, 0.05) is 6.42 Å². The molecular formula is C12H13FN4O3. The van der Waals surface area contributed by atoms with Crippen molar-refractivity contribution in [1.29, 1.82) is 0 Å². The van der Waals surface area contributed by atoms with Crippen molar-refractivity contribution in [2.75, 3.05) is 5.73 Å². The summed E-state index contributed by atoms with van der Waals surface area (Å²) in [6.07, 6.45) is -3.27. The highest BCUT2D eigenvalue weighted by molar-refractivity contribution is 5.65. The smallest absolute Gasteiger partial charge is 0.161 e. The highest BCUT2D eigenvalue weighted by atomic mass is 19.1. The van der Waals surface area contributed by atoms with E-state index < -0.39 is 30.1 Å². The Morgan fingerprint density at radius 3 is 2.85 bits per heavy atom. The minimum Gasteiger partial charge on any atom is -0.390 e. The molecule has 1 saturated carbocycles. The number of aromatic nitrogens is 3. The minimum absolute atomic E-state index is 0.242. The molecule has 1 unspecified atom stereocenters. The lowest BCUT2D eigenvalue weighted by atomic mass is 10.1. The molecule has 2 aromatic heterocycles. The Bertz CT molecular complexity index is 692. The van der Waals surface area contributed by atoms with E-state index >= 15 is 0 Å². The molecule has 4 rings (SSSR count). The maximum absolute atomic E-state index is 14.3. The molecule has 1 saturated heterocycles. The second-order valence-electron chi connectivity index (χ2n) is 5.30. The number of ether oxygens (including phenoxy) is 1. The normalized spacial score (nSPS) is 39.8. The van der Waals surface area contributed by atoms with Gasteiger partial charge in [0.2, 0.25) is 0 Å². The Kier molecular flexibility index (Phi) is 2.20. The van der Waals surface area contributed by atoms with Crippen LogP contribution >= 0.6 is 0 Å². The quantitative estimate of drug-likeness (QED) is 0.655. The zero-order valence-corrected chi connectivity index (χ0v) is 10.3. The average molecular weight is 280 g/mol. The number of nitrogen functional groups attached to an aromatic ring is 1. The molecule has 0 aromatic carbocycles. The third kappa shape index (κ3) is 1.33. The number of hydrogen-bond acceptors (Lipinski definition) is 6. The maximum Gasteiger partial charge on any atom is 0.161 e. The molecule has 8 heteroatoms. The van der Waals surface area contributed by atoms with Crippen LogP contribution in [0.4, 0.5) is 10.2 Å². The largest absolute Gasteiger partial charge is 0.390 e. The zero-order chi connectivity index (χ0) is 14.1. The molecule has 0 bridgehead atoms. The summed E-state index contributed by atoms with van der Waals surface area (Å²) in [5, 5.41) is 23.5. The molecular weight excluding hydrogens is 267 g/mol. The summed E-state index contributed by atoms with van der Waals surface area (Å²) in [6, 6.07) is 3.31. The van der Waals surface area contributed by atoms with E-state index in [9.17, 15) is 14.6 Å². The molecule has 3 heterocycles. The number of fused-ring (bicyclic) bond motifs is 1. The standard InChI is InChI=1S/C12H13FN4O3/c13-8-9(20-12(10(8)19)3-7(12)18)5-1-2-6-11(14)15-4-16-17(5)6/h1-2,4,7-10,18-19H,3H2,(H2,14,15,16)/t7-,8+,9+,10+,12?/m1/s1. The molecule has 20 heavy (non-hydrogen) atoms. The first-order valence-electron chi connectivity index (χ1n) is 6.31. The molecule has 2 aromatic rings. The third-order valence-corrected chi connectivity index (χ3v) is 4.16. The molecule has 0 amide bonds. The van der Waals surface area contributed by atoms with Crippen molar-refractivity contribution in [3.63, 3.8) is 0 Å². The highest BCUT2D eigenvalue weighted by Gasteiger charge is 2.69. The molecule has 2 fully saturated rings. The summed E-state index contributed by atoms with van der Waals surface area (Å²) < 4.78 is 21.3. The Morgan fingerprint density at radius 2 is 2.20 bits per heavy atom. The molecule has 2 aliphatic rings. The van der Waals surface area contributed by atoms with Gasteiger partial charge >= 0.3 is 0 Å². The van der Waals surface area contributed by atoms with Crippen LogP contribution in [0.2, 0.25) is 0 Å². The van der Waals surface area contributed by atoms with Crippen molar-refractivity contribution in [3.05, 3.63) is 24.2 Å². The van der Waals surface area contributed by atoms with Crippen molar-refractivity contribution in [2.24, 2.45) is 0 Å². The van der Waals surface area contributed by atoms with E-state index in [4.69, 9.17) is 10.5 Å². The predicted molar refractivity (Wildman–Crippen MR) is 65.5 cm³/mol. The first-order chi connectivity index (χ1) is 9.54. The van der Waals surface area contributed by atoms with Crippen molar-refractivity contribution in [2.45, 2.75) is 36.5 Å². The molecule has 7 nitrogen and oxygen atoms in total. The van der Waals surface area contributed by atoms with Crippen LogP contribution in [-0.4, -0.2) is 48.8 Å². The summed E-state index contributed by atoms with van der Waals surface area (Å²) in [4.78, 5) is 3.86. The van der Waals surface area contributed by atoms with E-state index in [0.29, 0.717) is 11.2 Å². The topological polar surface area (TPSA) is 106 Å². The number of hydrogen-bond donors (Lipinski definition) is 3. The van der Waals surface area contributed by atoms with Gasteiger partial charge in [-0.05, 0) is 12.1 Å². The fraction of sp³-hybridized carbons (Fsp3) is 0.500. The van der Waals surface area contributed by atoms with Crippen LogP contribution in [0.1, 0.15) is 18.2 Å². The van der Waals surface area contributed by atoms with Gasteiger partial charge in [0.25, 0.3) is 0 Å². The fourth-order valence-electron chi connectivity index (χ4n) is 2.91. The van der Waals surface area contributed by atoms with Gasteiger partial charge in [-0.2, -0.15) is 5.10 Å². The first kappa shape index (κ1) is 12.0. The van der Waals surface area contributed by atoms with Crippen molar-refractivity contribution < 1.29 is 19.3 Å². The number of aliphatic hydroxyl groups is 2.